The highest BCUT2D eigenvalue weighted by molar-refractivity contribution is 5.97. The number of hydrogen-bond donors (Lipinski definition) is 1. The van der Waals surface area contributed by atoms with E-state index in [1.807, 2.05) is 20.2 Å². The van der Waals surface area contributed by atoms with E-state index in [4.69, 9.17) is 4.74 Å². The van der Waals surface area contributed by atoms with Crippen molar-refractivity contribution in [1.82, 2.24) is 10.2 Å². The molecule has 1 N–H and O–H groups in total. The van der Waals surface area contributed by atoms with Crippen LogP contribution in [-0.4, -0.2) is 45.1 Å². The second-order valence-electron chi connectivity index (χ2n) is 9.17. The zero-order valence-corrected chi connectivity index (χ0v) is 17.6. The first kappa shape index (κ1) is 20.5. The van der Waals surface area contributed by atoms with E-state index in [0.29, 0.717) is 23.3 Å². The summed E-state index contributed by atoms with van der Waals surface area (Å²) in [5, 5.41) is 3.05. The number of amides is 1. The lowest BCUT2D eigenvalue weighted by Crippen LogP contribution is -2.48. The van der Waals surface area contributed by atoms with Gasteiger partial charge in [-0.25, -0.2) is 0 Å². The van der Waals surface area contributed by atoms with Crippen molar-refractivity contribution in [2.24, 2.45) is 17.8 Å². The number of halogens is 1. The average molecular weight is 393 g/mol. The summed E-state index contributed by atoms with van der Waals surface area (Å²) < 4.78 is 5.50. The molecule has 4 aliphatic carbocycles. The molecule has 1 aromatic carbocycles. The molecule has 0 radical (unpaired) electrons. The van der Waals surface area contributed by atoms with Gasteiger partial charge >= 0.3 is 0 Å². The molecule has 0 atom stereocenters. The van der Waals surface area contributed by atoms with Gasteiger partial charge in [-0.2, -0.15) is 0 Å². The van der Waals surface area contributed by atoms with Crippen molar-refractivity contribution in [3.63, 3.8) is 0 Å². The molecule has 0 aromatic heterocycles. The number of carbonyl (C=O) groups is 1. The van der Waals surface area contributed by atoms with Crippen LogP contribution in [0, 0.1) is 17.8 Å². The Hall–Kier alpha value is -1.26. The van der Waals surface area contributed by atoms with Gasteiger partial charge in [-0.3, -0.25) is 4.79 Å². The van der Waals surface area contributed by atoms with Gasteiger partial charge < -0.3 is 15.0 Å². The number of benzene rings is 1. The van der Waals surface area contributed by atoms with Crippen LogP contribution in [0.2, 0.25) is 0 Å². The molecule has 0 aliphatic heterocycles. The normalized spacial score (nSPS) is 30.9. The van der Waals surface area contributed by atoms with Crippen LogP contribution >= 0.6 is 12.4 Å². The molecule has 0 heterocycles. The molecule has 1 amide bonds. The zero-order valence-electron chi connectivity index (χ0n) is 16.8. The van der Waals surface area contributed by atoms with E-state index in [-0.39, 0.29) is 18.3 Å². The number of hydrogen-bond acceptors (Lipinski definition) is 3. The lowest BCUT2D eigenvalue weighted by molar-refractivity contribution is -0.00522. The predicted octanol–water partition coefficient (Wildman–Crippen LogP) is 3.88. The van der Waals surface area contributed by atoms with Crippen molar-refractivity contribution in [2.45, 2.75) is 43.9 Å². The van der Waals surface area contributed by atoms with Gasteiger partial charge in [0.1, 0.15) is 5.75 Å². The number of rotatable bonds is 6. The minimum absolute atomic E-state index is 0. The third-order valence-electron chi connectivity index (χ3n) is 6.94. The quantitative estimate of drug-likeness (QED) is 0.798. The molecule has 0 saturated heterocycles. The second-order valence-corrected chi connectivity index (χ2v) is 9.17. The van der Waals surface area contributed by atoms with Crippen molar-refractivity contribution < 1.29 is 9.53 Å². The summed E-state index contributed by atoms with van der Waals surface area (Å²) in [6.45, 7) is 1.49. The number of carbonyl (C=O) groups excluding carboxylic acids is 1. The lowest BCUT2D eigenvalue weighted by atomic mass is 9.48. The van der Waals surface area contributed by atoms with E-state index >= 15 is 0 Å². The first-order chi connectivity index (χ1) is 12.5. The van der Waals surface area contributed by atoms with Crippen LogP contribution in [0.3, 0.4) is 0 Å². The SMILES string of the molecule is COc1ccc(C23CC4CC(CC(C4)C2)C3)cc1C(=O)NCCN(C)C.Cl. The molecule has 150 valence electrons. The lowest BCUT2D eigenvalue weighted by Gasteiger charge is -2.57. The van der Waals surface area contributed by atoms with Gasteiger partial charge in [-0.15, -0.1) is 12.4 Å². The largest absolute Gasteiger partial charge is 0.496 e. The average Bonchev–Trinajstić information content (AvgIpc) is 2.59. The van der Waals surface area contributed by atoms with Gasteiger partial charge in [-0.1, -0.05) is 6.07 Å². The van der Waals surface area contributed by atoms with Gasteiger partial charge in [0.2, 0.25) is 0 Å². The van der Waals surface area contributed by atoms with E-state index in [0.717, 1.165) is 24.3 Å². The van der Waals surface area contributed by atoms with E-state index in [2.05, 4.69) is 22.3 Å². The number of methoxy groups -OCH3 is 1. The molecular formula is C22H33ClN2O2. The Labute approximate surface area is 169 Å². The maximum Gasteiger partial charge on any atom is 0.255 e. The molecule has 4 bridgehead atoms. The molecule has 5 rings (SSSR count). The summed E-state index contributed by atoms with van der Waals surface area (Å²) >= 11 is 0. The number of likely N-dealkylation sites (N-methyl/N-ethyl adjacent to an activating group) is 1. The first-order valence-corrected chi connectivity index (χ1v) is 10.1. The minimum atomic E-state index is -0.0183. The van der Waals surface area contributed by atoms with Crippen LogP contribution in [0.1, 0.15) is 54.4 Å². The third kappa shape index (κ3) is 3.97. The maximum atomic E-state index is 12.8. The third-order valence-corrected chi connectivity index (χ3v) is 6.94. The molecule has 4 fully saturated rings. The molecule has 0 unspecified atom stereocenters. The van der Waals surface area contributed by atoms with Crippen molar-refractivity contribution in [1.29, 1.82) is 0 Å². The fourth-order valence-corrected chi connectivity index (χ4v) is 6.17. The molecule has 1 aromatic rings. The topological polar surface area (TPSA) is 41.6 Å². The zero-order chi connectivity index (χ0) is 18.3. The smallest absolute Gasteiger partial charge is 0.255 e. The number of ether oxygens (including phenoxy) is 1. The monoisotopic (exact) mass is 392 g/mol. The fourth-order valence-electron chi connectivity index (χ4n) is 6.17. The minimum Gasteiger partial charge on any atom is -0.496 e. The molecule has 0 spiro atoms. The highest BCUT2D eigenvalue weighted by Crippen LogP contribution is 2.60. The summed E-state index contributed by atoms with van der Waals surface area (Å²) in [7, 11) is 5.68. The first-order valence-electron chi connectivity index (χ1n) is 10.1. The predicted molar refractivity (Wildman–Crippen MR) is 111 cm³/mol. The molecule has 4 saturated carbocycles. The Morgan fingerprint density at radius 3 is 2.26 bits per heavy atom. The number of nitrogens with zero attached hydrogens (tertiary/aromatic N) is 1. The van der Waals surface area contributed by atoms with E-state index in [1.54, 1.807) is 7.11 Å². The van der Waals surface area contributed by atoms with E-state index in [9.17, 15) is 4.79 Å². The Bertz CT molecular complexity index is 654. The Balaban J connectivity index is 0.00000210. The highest BCUT2D eigenvalue weighted by atomic mass is 35.5. The molecule has 27 heavy (non-hydrogen) atoms. The standard InChI is InChI=1S/C22H32N2O2.ClH/c1-24(2)7-6-23-21(25)19-11-18(4-5-20(19)26-3)22-12-15-8-16(13-22)10-17(9-15)14-22;/h4-5,11,15-17H,6-10,12-14H2,1-3H3,(H,23,25);1H. The summed E-state index contributed by atoms with van der Waals surface area (Å²) in [6.07, 6.45) is 8.25. The van der Waals surface area contributed by atoms with Crippen LogP contribution < -0.4 is 10.1 Å². The number of nitrogens with one attached hydrogen (secondary N) is 1. The Morgan fingerprint density at radius 2 is 1.74 bits per heavy atom. The van der Waals surface area contributed by atoms with Crippen molar-refractivity contribution in [3.05, 3.63) is 29.3 Å². The van der Waals surface area contributed by atoms with Crippen LogP contribution in [0.4, 0.5) is 0 Å². The maximum absolute atomic E-state index is 12.8. The van der Waals surface area contributed by atoms with Crippen molar-refractivity contribution in [2.75, 3.05) is 34.3 Å². The van der Waals surface area contributed by atoms with Gasteiger partial charge in [0.05, 0.1) is 12.7 Å². The highest BCUT2D eigenvalue weighted by Gasteiger charge is 2.51. The van der Waals surface area contributed by atoms with E-state index < -0.39 is 0 Å². The van der Waals surface area contributed by atoms with E-state index in [1.165, 1.54) is 44.1 Å². The second kappa shape index (κ2) is 8.00. The van der Waals surface area contributed by atoms with Crippen LogP contribution in [0.5, 0.6) is 5.75 Å². The molecule has 4 aliphatic rings. The van der Waals surface area contributed by atoms with Crippen LogP contribution in [0.15, 0.2) is 18.2 Å². The summed E-state index contributed by atoms with van der Waals surface area (Å²) in [4.78, 5) is 14.8. The van der Waals surface area contributed by atoms with Gasteiger partial charge in [0, 0.05) is 13.1 Å². The molecule has 5 heteroatoms. The molecule has 4 nitrogen and oxygen atoms in total. The van der Waals surface area contributed by atoms with Crippen LogP contribution in [0.25, 0.3) is 0 Å². The van der Waals surface area contributed by atoms with Gasteiger partial charge in [0.25, 0.3) is 5.91 Å². The van der Waals surface area contributed by atoms with Gasteiger partial charge in [-0.05, 0) is 93.5 Å². The molecular weight excluding hydrogens is 360 g/mol. The fraction of sp³-hybridized carbons (Fsp3) is 0.682. The van der Waals surface area contributed by atoms with Crippen molar-refractivity contribution >= 4 is 18.3 Å². The van der Waals surface area contributed by atoms with Crippen LogP contribution in [-0.2, 0) is 5.41 Å². The van der Waals surface area contributed by atoms with Gasteiger partial charge in [0.15, 0.2) is 0 Å². The Morgan fingerprint density at radius 1 is 1.15 bits per heavy atom. The van der Waals surface area contributed by atoms with Crippen molar-refractivity contribution in [3.8, 4) is 5.75 Å². The summed E-state index contributed by atoms with van der Waals surface area (Å²) in [6, 6.07) is 6.37. The summed E-state index contributed by atoms with van der Waals surface area (Å²) in [5.74, 6) is 3.37. The Kier molecular flexibility index (Phi) is 6.07. The summed E-state index contributed by atoms with van der Waals surface area (Å²) in [5.41, 5.74) is 2.37.